The average Bonchev–Trinajstić information content (AvgIpc) is 3.03. The summed E-state index contributed by atoms with van der Waals surface area (Å²) in [6, 6.07) is 20.4. The Morgan fingerprint density at radius 1 is 0.844 bits per heavy atom. The topological polar surface area (TPSA) is 59.4 Å². The number of nitrogens with zero attached hydrogens (tertiary/aromatic N) is 1. The molecule has 1 N–H and O–H groups in total. The van der Waals surface area contributed by atoms with Crippen molar-refractivity contribution in [3.8, 4) is 22.4 Å². The summed E-state index contributed by atoms with van der Waals surface area (Å²) >= 11 is 0. The lowest BCUT2D eigenvalue weighted by molar-refractivity contribution is -0.214. The summed E-state index contributed by atoms with van der Waals surface area (Å²) in [6.07, 6.45) is 9.61. The minimum atomic E-state index is -4.42. The van der Waals surface area contributed by atoms with Crippen molar-refractivity contribution in [2.45, 2.75) is 122 Å². The molecule has 1 aromatic heterocycles. The Hall–Kier alpha value is -3.19. The number of ether oxygens (including phenoxy) is 1. The van der Waals surface area contributed by atoms with Crippen LogP contribution >= 0.6 is 0 Å². The maximum atomic E-state index is 13.0. The number of pyridine rings is 1. The maximum absolute atomic E-state index is 13.0. The molecule has 0 bridgehead atoms. The summed E-state index contributed by atoms with van der Waals surface area (Å²) in [5.41, 5.74) is 5.99. The zero-order chi connectivity index (χ0) is 32.5. The number of alkyl halides is 3. The minimum absolute atomic E-state index is 0.00719. The molecule has 0 amide bonds. The standard InChI is InChI=1S/C38H50F3NO3/c1-3-4-5-6-7-8-9-10-12-16-30-21-24-36(42-28-30)35-27-33(22-23-34(35)32-17-13-11-14-18-32)31(19-15-20-37(43)44)25-26-45-29(2)38(39,40)41/h11,13-14,17-18,21-24,27-29,31H,3-10,12,15-16,19-20,25-26H2,1-2H3,(H,43,44). The normalized spacial score (nSPS) is 13.1. The summed E-state index contributed by atoms with van der Waals surface area (Å²) in [6.45, 7) is 3.19. The van der Waals surface area contributed by atoms with Gasteiger partial charge in [0.2, 0.25) is 0 Å². The van der Waals surface area contributed by atoms with Gasteiger partial charge in [-0.25, -0.2) is 0 Å². The third-order valence-corrected chi connectivity index (χ3v) is 8.51. The van der Waals surface area contributed by atoms with Crippen molar-refractivity contribution in [1.29, 1.82) is 0 Å². The van der Waals surface area contributed by atoms with Crippen LogP contribution < -0.4 is 0 Å². The van der Waals surface area contributed by atoms with Crippen LogP contribution in [0.4, 0.5) is 13.2 Å². The monoisotopic (exact) mass is 625 g/mol. The zero-order valence-corrected chi connectivity index (χ0v) is 27.0. The van der Waals surface area contributed by atoms with Crippen LogP contribution in [0.25, 0.3) is 22.4 Å². The van der Waals surface area contributed by atoms with E-state index in [1.807, 2.05) is 48.7 Å². The lowest BCUT2D eigenvalue weighted by Gasteiger charge is -2.22. The van der Waals surface area contributed by atoms with E-state index in [1.165, 1.54) is 56.9 Å². The third-order valence-electron chi connectivity index (χ3n) is 8.51. The number of carboxylic acid groups (broad SMARTS) is 1. The summed E-state index contributed by atoms with van der Waals surface area (Å²) in [7, 11) is 0. The van der Waals surface area contributed by atoms with E-state index in [0.717, 1.165) is 47.7 Å². The largest absolute Gasteiger partial charge is 0.481 e. The van der Waals surface area contributed by atoms with Gasteiger partial charge in [0.15, 0.2) is 6.10 Å². The number of aromatic nitrogens is 1. The van der Waals surface area contributed by atoms with E-state index in [1.54, 1.807) is 0 Å². The van der Waals surface area contributed by atoms with Crippen LogP contribution in [-0.2, 0) is 16.0 Å². The second-order valence-corrected chi connectivity index (χ2v) is 12.1. The van der Waals surface area contributed by atoms with Gasteiger partial charge >= 0.3 is 12.1 Å². The van der Waals surface area contributed by atoms with Crippen molar-refractivity contribution in [1.82, 2.24) is 4.98 Å². The number of hydrogen-bond acceptors (Lipinski definition) is 3. The minimum Gasteiger partial charge on any atom is -0.481 e. The number of aryl methyl sites for hydroxylation is 1. The highest BCUT2D eigenvalue weighted by Gasteiger charge is 2.36. The Balaban J connectivity index is 1.76. The van der Waals surface area contributed by atoms with Crippen molar-refractivity contribution in [2.75, 3.05) is 6.61 Å². The predicted octanol–water partition coefficient (Wildman–Crippen LogP) is 11.2. The number of rotatable bonds is 21. The van der Waals surface area contributed by atoms with Crippen molar-refractivity contribution in [3.05, 3.63) is 78.0 Å². The SMILES string of the molecule is CCCCCCCCCCCc1ccc(-c2cc(C(CCCC(=O)O)CCOC(C)C(F)(F)F)ccc2-c2ccccc2)nc1. The van der Waals surface area contributed by atoms with Gasteiger partial charge in [-0.2, -0.15) is 13.2 Å². The van der Waals surface area contributed by atoms with Crippen molar-refractivity contribution >= 4 is 5.97 Å². The molecule has 0 saturated carbocycles. The van der Waals surface area contributed by atoms with E-state index >= 15 is 0 Å². The number of carbonyl (C=O) groups is 1. The highest BCUT2D eigenvalue weighted by Crippen LogP contribution is 2.36. The van der Waals surface area contributed by atoms with Gasteiger partial charge in [-0.15, -0.1) is 0 Å². The summed E-state index contributed by atoms with van der Waals surface area (Å²) in [5.74, 6) is -1.04. The second-order valence-electron chi connectivity index (χ2n) is 12.1. The molecule has 0 aliphatic rings. The van der Waals surface area contributed by atoms with Crippen LogP contribution in [-0.4, -0.2) is 34.9 Å². The predicted molar refractivity (Wildman–Crippen MR) is 176 cm³/mol. The molecule has 2 aromatic carbocycles. The third kappa shape index (κ3) is 13.0. The van der Waals surface area contributed by atoms with Crippen LogP contribution in [0.15, 0.2) is 66.9 Å². The van der Waals surface area contributed by atoms with E-state index in [0.29, 0.717) is 19.3 Å². The highest BCUT2D eigenvalue weighted by atomic mass is 19.4. The Morgan fingerprint density at radius 2 is 1.53 bits per heavy atom. The van der Waals surface area contributed by atoms with Crippen LogP contribution in [0, 0.1) is 0 Å². The molecule has 2 unspecified atom stereocenters. The number of carboxylic acids is 1. The molecule has 2 atom stereocenters. The summed E-state index contributed by atoms with van der Waals surface area (Å²) in [4.78, 5) is 16.1. The molecule has 0 saturated heterocycles. The van der Waals surface area contributed by atoms with Gasteiger partial charge in [0.1, 0.15) is 0 Å². The van der Waals surface area contributed by atoms with Gasteiger partial charge in [0, 0.05) is 24.8 Å². The molecule has 45 heavy (non-hydrogen) atoms. The molecule has 0 fully saturated rings. The van der Waals surface area contributed by atoms with E-state index in [-0.39, 0.29) is 18.9 Å². The fourth-order valence-corrected chi connectivity index (χ4v) is 5.73. The molecule has 0 aliphatic carbocycles. The zero-order valence-electron chi connectivity index (χ0n) is 27.0. The molecule has 3 rings (SSSR count). The Labute approximate surface area is 267 Å². The van der Waals surface area contributed by atoms with Gasteiger partial charge < -0.3 is 9.84 Å². The Morgan fingerprint density at radius 3 is 2.16 bits per heavy atom. The van der Waals surface area contributed by atoms with Gasteiger partial charge in [0.25, 0.3) is 0 Å². The van der Waals surface area contributed by atoms with Crippen molar-refractivity contribution in [2.24, 2.45) is 0 Å². The summed E-state index contributed by atoms with van der Waals surface area (Å²) < 4.78 is 44.2. The molecular weight excluding hydrogens is 575 g/mol. The average molecular weight is 626 g/mol. The molecule has 246 valence electrons. The van der Waals surface area contributed by atoms with E-state index in [9.17, 15) is 23.1 Å². The first-order chi connectivity index (χ1) is 21.7. The van der Waals surface area contributed by atoms with Crippen LogP contribution in [0.2, 0.25) is 0 Å². The molecule has 4 nitrogen and oxygen atoms in total. The van der Waals surface area contributed by atoms with Gasteiger partial charge in [-0.05, 0) is 79.3 Å². The molecule has 1 heterocycles. The molecular formula is C38H50F3NO3. The van der Waals surface area contributed by atoms with E-state index in [4.69, 9.17) is 9.72 Å². The van der Waals surface area contributed by atoms with Crippen LogP contribution in [0.1, 0.15) is 114 Å². The van der Waals surface area contributed by atoms with Gasteiger partial charge in [0.05, 0.1) is 5.69 Å². The number of hydrogen-bond donors (Lipinski definition) is 1. The first-order valence-electron chi connectivity index (χ1n) is 16.7. The first-order valence-corrected chi connectivity index (χ1v) is 16.7. The molecule has 0 spiro atoms. The van der Waals surface area contributed by atoms with Crippen LogP contribution in [0.5, 0.6) is 0 Å². The number of unbranched alkanes of at least 4 members (excludes halogenated alkanes) is 8. The Kier molecular flexibility index (Phi) is 15.6. The number of aliphatic carboxylic acids is 1. The van der Waals surface area contributed by atoms with Crippen molar-refractivity contribution in [3.63, 3.8) is 0 Å². The number of halogens is 3. The van der Waals surface area contributed by atoms with Gasteiger partial charge in [-0.3, -0.25) is 9.78 Å². The summed E-state index contributed by atoms with van der Waals surface area (Å²) in [5, 5.41) is 9.18. The lowest BCUT2D eigenvalue weighted by Crippen LogP contribution is -2.29. The smallest absolute Gasteiger partial charge is 0.414 e. The highest BCUT2D eigenvalue weighted by molar-refractivity contribution is 5.82. The van der Waals surface area contributed by atoms with Gasteiger partial charge in [-0.1, -0.05) is 107 Å². The van der Waals surface area contributed by atoms with Crippen molar-refractivity contribution < 1.29 is 27.8 Å². The molecule has 3 aromatic rings. The molecule has 0 aliphatic heterocycles. The molecule has 0 radical (unpaired) electrons. The second kappa shape index (κ2) is 19.4. The van der Waals surface area contributed by atoms with E-state index < -0.39 is 18.2 Å². The molecule has 7 heteroatoms. The van der Waals surface area contributed by atoms with Crippen LogP contribution in [0.3, 0.4) is 0 Å². The quantitative estimate of drug-likeness (QED) is 0.120. The fraction of sp³-hybridized carbons (Fsp3) is 0.526. The Bertz CT molecular complexity index is 1260. The van der Waals surface area contributed by atoms with E-state index in [2.05, 4.69) is 25.1 Å². The fourth-order valence-electron chi connectivity index (χ4n) is 5.73. The number of benzene rings is 2. The first kappa shape index (κ1) is 36.3. The lowest BCUT2D eigenvalue weighted by atomic mass is 9.86. The maximum Gasteiger partial charge on any atom is 0.414 e.